The van der Waals surface area contributed by atoms with Gasteiger partial charge in [-0.05, 0) is 13.0 Å². The van der Waals surface area contributed by atoms with Gasteiger partial charge in [0.25, 0.3) is 0 Å². The molecule has 0 saturated heterocycles. The summed E-state index contributed by atoms with van der Waals surface area (Å²) >= 11 is 0. The number of benzene rings is 1. The predicted octanol–water partition coefficient (Wildman–Crippen LogP) is 1.22. The fraction of sp³-hybridized carbons (Fsp3) is 0.200. The molecule has 14 heavy (non-hydrogen) atoms. The van der Waals surface area contributed by atoms with Crippen LogP contribution in [0.1, 0.15) is 22.8 Å². The van der Waals surface area contributed by atoms with Crippen LogP contribution in [0.5, 0.6) is 5.75 Å². The highest BCUT2D eigenvalue weighted by Crippen LogP contribution is 2.22. The largest absolute Gasteiger partial charge is 0.507 e. The van der Waals surface area contributed by atoms with Crippen LogP contribution < -0.4 is 0 Å². The van der Waals surface area contributed by atoms with Crippen molar-refractivity contribution in [3.63, 3.8) is 0 Å². The van der Waals surface area contributed by atoms with Crippen LogP contribution in [0.2, 0.25) is 0 Å². The average molecular weight is 194 g/mol. The zero-order chi connectivity index (χ0) is 10.7. The van der Waals surface area contributed by atoms with Crippen LogP contribution >= 0.6 is 0 Å². The number of rotatable bonds is 3. The monoisotopic (exact) mass is 194 g/mol. The van der Waals surface area contributed by atoms with Gasteiger partial charge in [0.05, 0.1) is 0 Å². The van der Waals surface area contributed by atoms with E-state index >= 15 is 0 Å². The molecule has 0 amide bonds. The van der Waals surface area contributed by atoms with Gasteiger partial charge >= 0.3 is 5.97 Å². The Morgan fingerprint density at radius 2 is 2.00 bits per heavy atom. The molecule has 0 bridgehead atoms. The standard InChI is InChI=1S/C10H10O4/c1-6(11)5-7-3-2-4-8(9(7)12)10(13)14/h2-4,12H,5H2,1H3,(H,13,14). The Morgan fingerprint density at radius 1 is 1.36 bits per heavy atom. The van der Waals surface area contributed by atoms with Gasteiger partial charge in [0.1, 0.15) is 17.1 Å². The van der Waals surface area contributed by atoms with Gasteiger partial charge in [-0.3, -0.25) is 4.79 Å². The van der Waals surface area contributed by atoms with Crippen LogP contribution in [-0.2, 0) is 11.2 Å². The second-order valence-corrected chi connectivity index (χ2v) is 3.00. The second kappa shape index (κ2) is 3.91. The number of aromatic hydroxyl groups is 1. The molecule has 0 spiro atoms. The van der Waals surface area contributed by atoms with Gasteiger partial charge in [-0.2, -0.15) is 0 Å². The van der Waals surface area contributed by atoms with Crippen LogP contribution in [0.25, 0.3) is 0 Å². The lowest BCUT2D eigenvalue weighted by atomic mass is 10.0. The Morgan fingerprint density at radius 3 is 2.50 bits per heavy atom. The number of aromatic carboxylic acids is 1. The molecule has 4 heteroatoms. The van der Waals surface area contributed by atoms with Crippen LogP contribution in [0.4, 0.5) is 0 Å². The first-order chi connectivity index (χ1) is 6.52. The molecule has 4 nitrogen and oxygen atoms in total. The summed E-state index contributed by atoms with van der Waals surface area (Å²) in [4.78, 5) is 21.4. The number of carboxylic acids is 1. The molecule has 1 aromatic carbocycles. The third-order valence-electron chi connectivity index (χ3n) is 1.79. The Kier molecular flexibility index (Phi) is 2.86. The highest BCUT2D eigenvalue weighted by atomic mass is 16.4. The van der Waals surface area contributed by atoms with E-state index in [1.54, 1.807) is 0 Å². The molecule has 0 aromatic heterocycles. The average Bonchev–Trinajstić information content (AvgIpc) is 2.07. The number of carboxylic acid groups (broad SMARTS) is 1. The summed E-state index contributed by atoms with van der Waals surface area (Å²) in [7, 11) is 0. The van der Waals surface area contributed by atoms with Gasteiger partial charge in [0.15, 0.2) is 0 Å². The molecular formula is C10H10O4. The molecule has 0 aliphatic rings. The van der Waals surface area contributed by atoms with Gasteiger partial charge in [-0.25, -0.2) is 4.79 Å². The van der Waals surface area contributed by atoms with Crippen molar-refractivity contribution >= 4 is 11.8 Å². The summed E-state index contributed by atoms with van der Waals surface area (Å²) in [5.74, 6) is -1.65. The second-order valence-electron chi connectivity index (χ2n) is 3.00. The number of carbonyl (C=O) groups excluding carboxylic acids is 1. The maximum atomic E-state index is 10.8. The summed E-state index contributed by atoms with van der Waals surface area (Å²) in [6, 6.07) is 4.33. The van der Waals surface area contributed by atoms with Crippen molar-refractivity contribution in [1.82, 2.24) is 0 Å². The van der Waals surface area contributed by atoms with E-state index in [4.69, 9.17) is 5.11 Å². The van der Waals surface area contributed by atoms with Crippen molar-refractivity contribution in [2.24, 2.45) is 0 Å². The van der Waals surface area contributed by atoms with Crippen molar-refractivity contribution in [3.05, 3.63) is 29.3 Å². The lowest BCUT2D eigenvalue weighted by molar-refractivity contribution is -0.116. The zero-order valence-corrected chi connectivity index (χ0v) is 7.65. The van der Waals surface area contributed by atoms with Crippen LogP contribution in [0, 0.1) is 0 Å². The maximum Gasteiger partial charge on any atom is 0.339 e. The molecule has 0 radical (unpaired) electrons. The smallest absolute Gasteiger partial charge is 0.339 e. The highest BCUT2D eigenvalue weighted by Gasteiger charge is 2.13. The SMILES string of the molecule is CC(=O)Cc1cccc(C(=O)O)c1O. The molecule has 0 atom stereocenters. The minimum atomic E-state index is -1.20. The van der Waals surface area contributed by atoms with E-state index in [1.165, 1.54) is 25.1 Å². The van der Waals surface area contributed by atoms with Crippen molar-refractivity contribution in [2.75, 3.05) is 0 Å². The van der Waals surface area contributed by atoms with Crippen molar-refractivity contribution in [2.45, 2.75) is 13.3 Å². The first kappa shape index (κ1) is 10.2. The van der Waals surface area contributed by atoms with E-state index in [9.17, 15) is 14.7 Å². The summed E-state index contributed by atoms with van der Waals surface area (Å²) in [6.45, 7) is 1.38. The van der Waals surface area contributed by atoms with Gasteiger partial charge in [-0.15, -0.1) is 0 Å². The molecule has 0 aliphatic heterocycles. The molecule has 0 unspecified atom stereocenters. The maximum absolute atomic E-state index is 10.8. The van der Waals surface area contributed by atoms with Crippen LogP contribution in [0.15, 0.2) is 18.2 Å². The number of carbonyl (C=O) groups is 2. The van der Waals surface area contributed by atoms with Crippen molar-refractivity contribution < 1.29 is 19.8 Å². The number of ketones is 1. The van der Waals surface area contributed by atoms with Gasteiger partial charge in [0.2, 0.25) is 0 Å². The molecule has 1 rings (SSSR count). The number of para-hydroxylation sites is 1. The topological polar surface area (TPSA) is 74.6 Å². The van der Waals surface area contributed by atoms with E-state index in [1.807, 2.05) is 0 Å². The molecule has 0 aliphatic carbocycles. The van der Waals surface area contributed by atoms with Crippen molar-refractivity contribution in [3.8, 4) is 5.75 Å². The van der Waals surface area contributed by atoms with Gasteiger partial charge < -0.3 is 10.2 Å². The molecular weight excluding hydrogens is 184 g/mol. The highest BCUT2D eigenvalue weighted by molar-refractivity contribution is 5.92. The Hall–Kier alpha value is -1.84. The number of Topliss-reactive ketones (excluding diaryl/α,β-unsaturated/α-hetero) is 1. The van der Waals surface area contributed by atoms with Crippen LogP contribution in [-0.4, -0.2) is 22.0 Å². The fourth-order valence-electron chi connectivity index (χ4n) is 1.17. The van der Waals surface area contributed by atoms with Crippen molar-refractivity contribution in [1.29, 1.82) is 0 Å². The first-order valence-corrected chi connectivity index (χ1v) is 4.06. The normalized spacial score (nSPS) is 9.79. The van der Waals surface area contributed by atoms with Crippen LogP contribution in [0.3, 0.4) is 0 Å². The summed E-state index contributed by atoms with van der Waals surface area (Å²) in [5, 5.41) is 18.2. The van der Waals surface area contributed by atoms with Gasteiger partial charge in [0, 0.05) is 12.0 Å². The number of hydrogen-bond donors (Lipinski definition) is 2. The summed E-state index contributed by atoms with van der Waals surface area (Å²) in [6.07, 6.45) is 0.0486. The Balaban J connectivity index is 3.13. The quantitative estimate of drug-likeness (QED) is 0.758. The zero-order valence-electron chi connectivity index (χ0n) is 7.65. The molecule has 74 valence electrons. The number of phenols is 1. The number of hydrogen-bond acceptors (Lipinski definition) is 3. The van der Waals surface area contributed by atoms with E-state index < -0.39 is 5.97 Å². The van der Waals surface area contributed by atoms with E-state index in [0.717, 1.165) is 0 Å². The predicted molar refractivity (Wildman–Crippen MR) is 49.5 cm³/mol. The lowest BCUT2D eigenvalue weighted by Crippen LogP contribution is -2.02. The molecule has 2 N–H and O–H groups in total. The third kappa shape index (κ3) is 2.10. The fourth-order valence-corrected chi connectivity index (χ4v) is 1.17. The molecule has 0 saturated carbocycles. The van der Waals surface area contributed by atoms with E-state index in [-0.39, 0.29) is 23.5 Å². The van der Waals surface area contributed by atoms with E-state index in [0.29, 0.717) is 5.56 Å². The first-order valence-electron chi connectivity index (χ1n) is 4.06. The Bertz CT molecular complexity index is 382. The minimum absolute atomic E-state index is 0.0486. The van der Waals surface area contributed by atoms with E-state index in [2.05, 4.69) is 0 Å². The van der Waals surface area contributed by atoms with Gasteiger partial charge in [-0.1, -0.05) is 12.1 Å². The molecule has 0 fully saturated rings. The Labute approximate surface area is 80.8 Å². The minimum Gasteiger partial charge on any atom is -0.507 e. The third-order valence-corrected chi connectivity index (χ3v) is 1.79. The summed E-state index contributed by atoms with van der Waals surface area (Å²) in [5.41, 5.74) is 0.168. The molecule has 1 aromatic rings. The lowest BCUT2D eigenvalue weighted by Gasteiger charge is -2.04. The summed E-state index contributed by atoms with van der Waals surface area (Å²) < 4.78 is 0. The molecule has 0 heterocycles.